The molecular weight excluding hydrogens is 407 g/mol. The molecule has 0 atom stereocenters. The van der Waals surface area contributed by atoms with E-state index in [0.29, 0.717) is 6.42 Å². The van der Waals surface area contributed by atoms with Gasteiger partial charge in [-0.3, -0.25) is 13.3 Å². The maximum Gasteiger partial charge on any atom is 1.00 e. The van der Waals surface area contributed by atoms with Crippen LogP contribution in [0.3, 0.4) is 0 Å². The standard InChI is InChI=1S/C16H34O4S.Na.H2O4S/c1-2-3-4-5-6-7-8-9-10-11-12-13-14-15-16-20-21(17,18)19;;1-5(2,3)4/h2-16H2,1H3,(H,17,18,19);;(H2,1,2,3,4)/q;+1;/p-1. The topological polar surface area (TPSA) is 141 Å². The number of hydrogen-bond acceptors (Lipinski definition) is 6. The second-order valence-corrected chi connectivity index (χ2v) is 8.22. The van der Waals surface area contributed by atoms with Crippen molar-refractivity contribution < 1.29 is 64.2 Å². The number of unbranched alkanes of at least 4 members (excludes halogenated alkanes) is 13. The van der Waals surface area contributed by atoms with Crippen LogP contribution in [0.2, 0.25) is 0 Å². The van der Waals surface area contributed by atoms with Crippen LogP contribution >= 0.6 is 0 Å². The van der Waals surface area contributed by atoms with Crippen molar-refractivity contribution >= 4 is 20.8 Å². The van der Waals surface area contributed by atoms with Crippen LogP contribution in [0.15, 0.2) is 0 Å². The first-order chi connectivity index (χ1) is 12.1. The first-order valence-corrected chi connectivity index (χ1v) is 12.1. The van der Waals surface area contributed by atoms with Crippen molar-refractivity contribution in [2.24, 2.45) is 0 Å². The minimum Gasteiger partial charge on any atom is -0.726 e. The van der Waals surface area contributed by atoms with Crippen LogP contribution in [-0.4, -0.2) is 37.1 Å². The molecule has 8 nitrogen and oxygen atoms in total. The second-order valence-electron chi connectivity index (χ2n) is 6.27. The van der Waals surface area contributed by atoms with Crippen molar-refractivity contribution in [3.05, 3.63) is 0 Å². The molecule has 0 spiro atoms. The zero-order valence-electron chi connectivity index (χ0n) is 16.8. The molecule has 0 unspecified atom stereocenters. The predicted molar refractivity (Wildman–Crippen MR) is 100 cm³/mol. The van der Waals surface area contributed by atoms with E-state index >= 15 is 0 Å². The molecule has 0 rings (SSSR count). The Morgan fingerprint density at radius 1 is 0.667 bits per heavy atom. The van der Waals surface area contributed by atoms with E-state index in [1.165, 1.54) is 70.6 Å². The molecule has 0 aliphatic carbocycles. The van der Waals surface area contributed by atoms with Crippen molar-refractivity contribution in [2.45, 2.75) is 96.8 Å². The summed E-state index contributed by atoms with van der Waals surface area (Å²) in [5.74, 6) is 0. The summed E-state index contributed by atoms with van der Waals surface area (Å²) in [6.45, 7) is 2.28. The maximum absolute atomic E-state index is 10.2. The zero-order chi connectivity index (χ0) is 20.3. The molecular formula is C16H35NaO8S2. The van der Waals surface area contributed by atoms with Gasteiger partial charge in [-0.25, -0.2) is 8.42 Å². The first kappa shape index (κ1) is 32.4. The summed E-state index contributed by atoms with van der Waals surface area (Å²) in [6, 6.07) is 0. The van der Waals surface area contributed by atoms with Crippen molar-refractivity contribution in [1.82, 2.24) is 0 Å². The summed E-state index contributed by atoms with van der Waals surface area (Å²) in [7, 11) is -9.16. The summed E-state index contributed by atoms with van der Waals surface area (Å²) in [5, 5.41) is 0. The van der Waals surface area contributed by atoms with E-state index in [1.807, 2.05) is 0 Å². The Morgan fingerprint density at radius 2 is 0.926 bits per heavy atom. The Bertz CT molecular complexity index is 487. The van der Waals surface area contributed by atoms with Crippen LogP contribution < -0.4 is 29.6 Å². The van der Waals surface area contributed by atoms with E-state index in [9.17, 15) is 13.0 Å². The molecule has 0 aromatic heterocycles. The second kappa shape index (κ2) is 21.4. The fraction of sp³-hybridized carbons (Fsp3) is 1.00. The average molecular weight is 443 g/mol. The Hall–Kier alpha value is 0.740. The van der Waals surface area contributed by atoms with Gasteiger partial charge in [0.2, 0.25) is 10.4 Å². The molecule has 160 valence electrons. The fourth-order valence-electron chi connectivity index (χ4n) is 2.46. The Kier molecular flexibility index (Phi) is 25.7. The summed E-state index contributed by atoms with van der Waals surface area (Å²) < 4.78 is 66.3. The molecule has 0 radical (unpaired) electrons. The monoisotopic (exact) mass is 442 g/mol. The van der Waals surface area contributed by atoms with E-state index in [-0.39, 0.29) is 36.2 Å². The molecule has 0 saturated heterocycles. The Morgan fingerprint density at radius 3 is 1.19 bits per heavy atom. The van der Waals surface area contributed by atoms with Crippen LogP contribution in [0.4, 0.5) is 0 Å². The van der Waals surface area contributed by atoms with Crippen LogP contribution in [0, 0.1) is 0 Å². The van der Waals surface area contributed by atoms with Gasteiger partial charge in [-0.2, -0.15) is 8.42 Å². The summed E-state index contributed by atoms with van der Waals surface area (Å²) in [6.07, 6.45) is 17.4. The van der Waals surface area contributed by atoms with Gasteiger partial charge < -0.3 is 4.55 Å². The zero-order valence-corrected chi connectivity index (χ0v) is 20.4. The third-order valence-corrected chi connectivity index (χ3v) is 4.18. The van der Waals surface area contributed by atoms with Gasteiger partial charge in [0.25, 0.3) is 0 Å². The largest absolute Gasteiger partial charge is 1.00 e. The molecule has 0 aliphatic heterocycles. The molecule has 0 bridgehead atoms. The number of hydrogen-bond donors (Lipinski definition) is 2. The third kappa shape index (κ3) is 46.6. The SMILES string of the molecule is CCCCCCCCCCCCCCCCOS(=O)(=O)[O-].O=S(=O)(O)O.[Na+]. The fourth-order valence-corrected chi connectivity index (χ4v) is 2.78. The predicted octanol–water partition coefficient (Wildman–Crippen LogP) is 1.30. The smallest absolute Gasteiger partial charge is 0.726 e. The summed E-state index contributed by atoms with van der Waals surface area (Å²) in [4.78, 5) is 0. The molecule has 0 fully saturated rings. The number of rotatable bonds is 16. The van der Waals surface area contributed by atoms with Gasteiger partial charge in [-0.15, -0.1) is 0 Å². The van der Waals surface area contributed by atoms with Crippen LogP contribution in [-0.2, 0) is 25.0 Å². The molecule has 0 aliphatic rings. The van der Waals surface area contributed by atoms with Crippen molar-refractivity contribution in [1.29, 1.82) is 0 Å². The normalized spacial score (nSPS) is 11.4. The van der Waals surface area contributed by atoms with Crippen LogP contribution in [0.5, 0.6) is 0 Å². The van der Waals surface area contributed by atoms with Gasteiger partial charge >= 0.3 is 40.0 Å². The molecule has 0 aromatic carbocycles. The van der Waals surface area contributed by atoms with Gasteiger partial charge in [0, 0.05) is 0 Å². The van der Waals surface area contributed by atoms with Crippen LogP contribution in [0.1, 0.15) is 96.8 Å². The molecule has 27 heavy (non-hydrogen) atoms. The molecule has 0 heterocycles. The van der Waals surface area contributed by atoms with Crippen molar-refractivity contribution in [3.8, 4) is 0 Å². The first-order valence-electron chi connectivity index (χ1n) is 9.36. The third-order valence-electron chi connectivity index (χ3n) is 3.73. The summed E-state index contributed by atoms with van der Waals surface area (Å²) in [5.41, 5.74) is 0. The Labute approximate surface area is 187 Å². The van der Waals surface area contributed by atoms with E-state index in [2.05, 4.69) is 11.1 Å². The molecule has 11 heteroatoms. The maximum atomic E-state index is 10.2. The minimum absolute atomic E-state index is 0. The van der Waals surface area contributed by atoms with Gasteiger partial charge in [0.15, 0.2) is 0 Å². The van der Waals surface area contributed by atoms with E-state index < -0.39 is 20.8 Å². The quantitative estimate of drug-likeness (QED) is 0.158. The van der Waals surface area contributed by atoms with Gasteiger partial charge in [0.05, 0.1) is 6.61 Å². The van der Waals surface area contributed by atoms with Gasteiger partial charge in [0.1, 0.15) is 0 Å². The molecule has 0 saturated carbocycles. The summed E-state index contributed by atoms with van der Waals surface area (Å²) >= 11 is 0. The van der Waals surface area contributed by atoms with Gasteiger partial charge in [-0.1, -0.05) is 90.4 Å². The minimum atomic E-state index is -4.67. The van der Waals surface area contributed by atoms with Gasteiger partial charge in [-0.05, 0) is 6.42 Å². The molecule has 2 N–H and O–H groups in total. The molecule has 0 amide bonds. The van der Waals surface area contributed by atoms with E-state index in [0.717, 1.165) is 12.8 Å². The van der Waals surface area contributed by atoms with Crippen LogP contribution in [0.25, 0.3) is 0 Å². The average Bonchev–Trinajstić information content (AvgIpc) is 2.48. The Balaban J connectivity index is -0.000000844. The van der Waals surface area contributed by atoms with E-state index in [4.69, 9.17) is 17.5 Å². The molecule has 0 aromatic rings. The van der Waals surface area contributed by atoms with E-state index in [1.54, 1.807) is 0 Å². The van der Waals surface area contributed by atoms with Crippen molar-refractivity contribution in [2.75, 3.05) is 6.61 Å². The van der Waals surface area contributed by atoms with Crippen molar-refractivity contribution in [3.63, 3.8) is 0 Å².